The highest BCUT2D eigenvalue weighted by Crippen LogP contribution is 2.25. The van der Waals surface area contributed by atoms with E-state index >= 15 is 0 Å². The number of aromatic nitrogens is 4. The van der Waals surface area contributed by atoms with Crippen molar-refractivity contribution in [1.82, 2.24) is 24.1 Å². The van der Waals surface area contributed by atoms with Crippen LogP contribution in [0.5, 0.6) is 0 Å². The Morgan fingerprint density at radius 3 is 2.54 bits per heavy atom. The van der Waals surface area contributed by atoms with E-state index in [0.717, 1.165) is 17.8 Å². The molecule has 0 saturated carbocycles. The quantitative estimate of drug-likeness (QED) is 0.298. The molecule has 0 unspecified atom stereocenters. The predicted molar refractivity (Wildman–Crippen MR) is 155 cm³/mol. The maximum Gasteiger partial charge on any atom is 0.268 e. The molecule has 8 heteroatoms. The molecule has 0 spiro atoms. The topological polar surface area (TPSA) is 72.5 Å². The average molecular weight is 538 g/mol. The summed E-state index contributed by atoms with van der Waals surface area (Å²) in [6.07, 6.45) is 1.00. The van der Waals surface area contributed by atoms with Crippen LogP contribution in [0.15, 0.2) is 64.8 Å². The molecule has 5 aromatic rings. The molecule has 4 heterocycles. The molecular formula is C31H31N5O2S. The zero-order valence-electron chi connectivity index (χ0n) is 22.6. The highest BCUT2D eigenvalue weighted by molar-refractivity contribution is 7.15. The van der Waals surface area contributed by atoms with Crippen molar-refractivity contribution in [3.05, 3.63) is 104 Å². The Kier molecular flexibility index (Phi) is 6.43. The highest BCUT2D eigenvalue weighted by Gasteiger charge is 2.24. The summed E-state index contributed by atoms with van der Waals surface area (Å²) in [5, 5.41) is 6.69. The van der Waals surface area contributed by atoms with Crippen LogP contribution < -0.4 is 5.56 Å². The lowest BCUT2D eigenvalue weighted by molar-refractivity contribution is -0.131. The minimum atomic E-state index is -0.189. The second kappa shape index (κ2) is 9.93. The summed E-state index contributed by atoms with van der Waals surface area (Å²) >= 11 is 1.39. The van der Waals surface area contributed by atoms with E-state index < -0.39 is 0 Å². The van der Waals surface area contributed by atoms with Crippen LogP contribution in [0.2, 0.25) is 0 Å². The van der Waals surface area contributed by atoms with Gasteiger partial charge < -0.3 is 4.90 Å². The Balaban J connectivity index is 1.33. The summed E-state index contributed by atoms with van der Waals surface area (Å²) in [5.41, 5.74) is 7.78. The number of carbonyl (C=O) groups is 1. The van der Waals surface area contributed by atoms with Gasteiger partial charge in [-0.3, -0.25) is 14.0 Å². The van der Waals surface area contributed by atoms with Crippen LogP contribution in [0, 0.1) is 13.8 Å². The zero-order valence-corrected chi connectivity index (χ0v) is 23.5. The van der Waals surface area contributed by atoms with Crippen LogP contribution in [0.4, 0.5) is 0 Å². The number of hydrogen-bond acceptors (Lipinski definition) is 5. The predicted octanol–water partition coefficient (Wildman–Crippen LogP) is 5.48. The van der Waals surface area contributed by atoms with Crippen molar-refractivity contribution < 1.29 is 4.79 Å². The Hall–Kier alpha value is -4.04. The van der Waals surface area contributed by atoms with Gasteiger partial charge in [0.05, 0.1) is 23.4 Å². The molecule has 3 aromatic heterocycles. The highest BCUT2D eigenvalue weighted by atomic mass is 32.1. The first-order valence-corrected chi connectivity index (χ1v) is 14.2. The normalized spacial score (nSPS) is 13.3. The van der Waals surface area contributed by atoms with Crippen LogP contribution in [0.3, 0.4) is 0 Å². The molecule has 1 aliphatic heterocycles. The number of hydrogen-bond donors (Lipinski definition) is 0. The molecule has 1 aliphatic rings. The minimum Gasteiger partial charge on any atom is -0.338 e. The van der Waals surface area contributed by atoms with Gasteiger partial charge in [-0.25, -0.2) is 9.67 Å². The summed E-state index contributed by atoms with van der Waals surface area (Å²) in [6, 6.07) is 18.5. The molecule has 0 aliphatic carbocycles. The molecule has 0 fully saturated rings. The summed E-state index contributed by atoms with van der Waals surface area (Å²) in [7, 11) is 0. The SMILES string of the molecule is Cc1nc2scc(CC(=O)N3CCc4ccccc4C3)n2c(=O)c1-c1cc(C)n(-c2ccc(C(C)C)cc2)n1. The van der Waals surface area contributed by atoms with Gasteiger partial charge in [-0.15, -0.1) is 11.3 Å². The molecule has 6 rings (SSSR count). The smallest absolute Gasteiger partial charge is 0.268 e. The van der Waals surface area contributed by atoms with Crippen molar-refractivity contribution >= 4 is 22.2 Å². The lowest BCUT2D eigenvalue weighted by atomic mass is 9.99. The minimum absolute atomic E-state index is 0.0168. The molecule has 0 saturated heterocycles. The second-order valence-electron chi connectivity index (χ2n) is 10.6. The van der Waals surface area contributed by atoms with E-state index in [1.807, 2.05) is 47.0 Å². The first-order chi connectivity index (χ1) is 18.8. The van der Waals surface area contributed by atoms with Crippen molar-refractivity contribution in [2.45, 2.75) is 53.0 Å². The third-order valence-electron chi connectivity index (χ3n) is 7.58. The van der Waals surface area contributed by atoms with E-state index in [-0.39, 0.29) is 17.9 Å². The van der Waals surface area contributed by atoms with E-state index in [9.17, 15) is 9.59 Å². The molecular weight excluding hydrogens is 506 g/mol. The summed E-state index contributed by atoms with van der Waals surface area (Å²) < 4.78 is 3.45. The van der Waals surface area contributed by atoms with Gasteiger partial charge in [0.15, 0.2) is 4.96 Å². The van der Waals surface area contributed by atoms with E-state index in [2.05, 4.69) is 50.2 Å². The first-order valence-electron chi connectivity index (χ1n) is 13.3. The fourth-order valence-corrected chi connectivity index (χ4v) is 6.28. The van der Waals surface area contributed by atoms with Crippen LogP contribution in [0.1, 0.15) is 53.5 Å². The third-order valence-corrected chi connectivity index (χ3v) is 8.46. The molecule has 7 nitrogen and oxygen atoms in total. The van der Waals surface area contributed by atoms with Gasteiger partial charge in [0.25, 0.3) is 5.56 Å². The van der Waals surface area contributed by atoms with Crippen molar-refractivity contribution in [1.29, 1.82) is 0 Å². The lowest BCUT2D eigenvalue weighted by Crippen LogP contribution is -2.37. The van der Waals surface area contributed by atoms with Crippen molar-refractivity contribution in [3.63, 3.8) is 0 Å². The molecule has 39 heavy (non-hydrogen) atoms. The Bertz CT molecular complexity index is 1760. The Morgan fingerprint density at radius 1 is 1.05 bits per heavy atom. The number of rotatable bonds is 5. The number of fused-ring (bicyclic) bond motifs is 2. The fourth-order valence-electron chi connectivity index (χ4n) is 5.36. The second-order valence-corrected chi connectivity index (χ2v) is 11.4. The van der Waals surface area contributed by atoms with E-state index in [1.165, 1.54) is 28.0 Å². The van der Waals surface area contributed by atoms with Crippen LogP contribution in [-0.4, -0.2) is 36.5 Å². The largest absolute Gasteiger partial charge is 0.338 e. The Labute approximate surface area is 231 Å². The summed E-state index contributed by atoms with van der Waals surface area (Å²) in [6.45, 7) is 9.45. The molecule has 198 valence electrons. The van der Waals surface area contributed by atoms with Crippen LogP contribution in [-0.2, 0) is 24.2 Å². The number of amides is 1. The number of carbonyl (C=O) groups excluding carboxylic acids is 1. The molecule has 2 aromatic carbocycles. The number of benzene rings is 2. The molecule has 0 bridgehead atoms. The van der Waals surface area contributed by atoms with E-state index in [1.54, 1.807) is 4.40 Å². The van der Waals surface area contributed by atoms with Gasteiger partial charge in [-0.1, -0.05) is 50.2 Å². The molecule has 0 N–H and O–H groups in total. The summed E-state index contributed by atoms with van der Waals surface area (Å²) in [4.78, 5) is 34.4. The fraction of sp³-hybridized carbons (Fsp3) is 0.290. The van der Waals surface area contributed by atoms with Gasteiger partial charge in [-0.05, 0) is 61.1 Å². The van der Waals surface area contributed by atoms with Crippen molar-refractivity contribution in [3.8, 4) is 16.9 Å². The maximum absolute atomic E-state index is 13.9. The van der Waals surface area contributed by atoms with Gasteiger partial charge in [-0.2, -0.15) is 5.10 Å². The summed E-state index contributed by atoms with van der Waals surface area (Å²) in [5.74, 6) is 0.467. The van der Waals surface area contributed by atoms with Gasteiger partial charge in [0.1, 0.15) is 5.69 Å². The first kappa shape index (κ1) is 25.2. The van der Waals surface area contributed by atoms with Crippen molar-refractivity contribution in [2.75, 3.05) is 6.54 Å². The molecule has 1 amide bonds. The lowest BCUT2D eigenvalue weighted by Gasteiger charge is -2.28. The van der Waals surface area contributed by atoms with Gasteiger partial charge in [0, 0.05) is 29.9 Å². The number of aryl methyl sites for hydroxylation is 2. The number of thiazole rings is 1. The average Bonchev–Trinajstić information content (AvgIpc) is 3.51. The van der Waals surface area contributed by atoms with Gasteiger partial charge in [0.2, 0.25) is 5.91 Å². The van der Waals surface area contributed by atoms with E-state index in [0.29, 0.717) is 46.6 Å². The third kappa shape index (κ3) is 4.59. The number of nitrogens with zero attached hydrogens (tertiary/aromatic N) is 5. The van der Waals surface area contributed by atoms with Crippen LogP contribution >= 0.6 is 11.3 Å². The zero-order chi connectivity index (χ0) is 27.3. The standard InChI is InChI=1S/C31H31N5O2S/c1-19(2)22-9-11-25(12-10-22)36-20(3)15-27(33-36)29-21(4)32-31-35(30(29)38)26(18-39-31)16-28(37)34-14-13-23-7-5-6-8-24(23)17-34/h5-12,15,18-19H,13-14,16-17H2,1-4H3. The molecule has 0 radical (unpaired) electrons. The van der Waals surface area contributed by atoms with Gasteiger partial charge >= 0.3 is 0 Å². The van der Waals surface area contributed by atoms with Crippen molar-refractivity contribution in [2.24, 2.45) is 0 Å². The maximum atomic E-state index is 13.9. The van der Waals surface area contributed by atoms with Crippen LogP contribution in [0.25, 0.3) is 21.9 Å². The van der Waals surface area contributed by atoms with E-state index in [4.69, 9.17) is 10.1 Å². The molecule has 0 atom stereocenters. The Morgan fingerprint density at radius 2 is 1.79 bits per heavy atom. The monoisotopic (exact) mass is 537 g/mol.